The number of aromatic nitrogens is 1. The van der Waals surface area contributed by atoms with Crippen molar-refractivity contribution in [2.75, 3.05) is 13.7 Å². The predicted molar refractivity (Wildman–Crippen MR) is 88.5 cm³/mol. The summed E-state index contributed by atoms with van der Waals surface area (Å²) in [5.74, 6) is 0. The molecule has 1 unspecified atom stereocenters. The highest BCUT2D eigenvalue weighted by Gasteiger charge is 2.37. The summed E-state index contributed by atoms with van der Waals surface area (Å²) in [6.45, 7) is 7.42. The third-order valence-corrected chi connectivity index (χ3v) is 4.55. The minimum Gasteiger partial charge on any atom is -0.376 e. The van der Waals surface area contributed by atoms with Gasteiger partial charge in [0.15, 0.2) is 0 Å². The monoisotopic (exact) mass is 286 g/mol. The zero-order chi connectivity index (χ0) is 15.3. The molecule has 0 fully saturated rings. The molecule has 0 saturated heterocycles. The van der Waals surface area contributed by atoms with Gasteiger partial charge in [0, 0.05) is 24.9 Å². The van der Waals surface area contributed by atoms with Crippen molar-refractivity contribution >= 4 is 10.8 Å². The molecule has 0 aliphatic heterocycles. The molecule has 2 aromatic rings. The number of pyridine rings is 1. The lowest BCUT2D eigenvalue weighted by Crippen LogP contribution is -2.45. The highest BCUT2D eigenvalue weighted by Crippen LogP contribution is 2.37. The number of likely N-dealkylation sites (N-methyl/N-ethyl adjacent to an activating group) is 1. The van der Waals surface area contributed by atoms with Crippen LogP contribution < -0.4 is 5.32 Å². The maximum Gasteiger partial charge on any atom is 0.0868 e. The summed E-state index contributed by atoms with van der Waals surface area (Å²) in [5, 5.41) is 6.05. The van der Waals surface area contributed by atoms with Gasteiger partial charge in [-0.3, -0.25) is 4.98 Å². The summed E-state index contributed by atoms with van der Waals surface area (Å²) in [6.07, 6.45) is 5.82. The quantitative estimate of drug-likeness (QED) is 0.832. The second kappa shape index (κ2) is 7.01. The Bertz CT molecular complexity index is 565. The number of ether oxygens (including phenoxy) is 1. The van der Waals surface area contributed by atoms with Crippen LogP contribution in [0.15, 0.2) is 36.7 Å². The van der Waals surface area contributed by atoms with Crippen molar-refractivity contribution in [2.45, 2.75) is 45.3 Å². The largest absolute Gasteiger partial charge is 0.376 e. The molecule has 1 N–H and O–H groups in total. The topological polar surface area (TPSA) is 34.2 Å². The number of nitrogens with one attached hydrogen (secondary N) is 1. The molecular weight excluding hydrogens is 260 g/mol. The van der Waals surface area contributed by atoms with E-state index >= 15 is 0 Å². The smallest absolute Gasteiger partial charge is 0.0868 e. The van der Waals surface area contributed by atoms with Gasteiger partial charge in [0.05, 0.1) is 11.6 Å². The fourth-order valence-electron chi connectivity index (χ4n) is 3.22. The van der Waals surface area contributed by atoms with E-state index in [1.165, 1.54) is 16.3 Å². The van der Waals surface area contributed by atoms with Gasteiger partial charge in [0.2, 0.25) is 0 Å². The lowest BCUT2D eigenvalue weighted by molar-refractivity contribution is -0.0479. The van der Waals surface area contributed by atoms with Crippen LogP contribution in [0.5, 0.6) is 0 Å². The fourth-order valence-corrected chi connectivity index (χ4v) is 3.22. The van der Waals surface area contributed by atoms with Crippen LogP contribution in [-0.2, 0) is 4.74 Å². The second-order valence-corrected chi connectivity index (χ2v) is 5.42. The van der Waals surface area contributed by atoms with Crippen molar-refractivity contribution in [1.29, 1.82) is 0 Å². The van der Waals surface area contributed by atoms with Gasteiger partial charge in [-0.2, -0.15) is 0 Å². The van der Waals surface area contributed by atoms with E-state index in [-0.39, 0.29) is 11.6 Å². The van der Waals surface area contributed by atoms with Crippen LogP contribution in [0.2, 0.25) is 0 Å². The molecule has 0 saturated carbocycles. The van der Waals surface area contributed by atoms with E-state index < -0.39 is 0 Å². The van der Waals surface area contributed by atoms with E-state index in [9.17, 15) is 0 Å². The molecule has 114 valence electrons. The number of hydrogen-bond donors (Lipinski definition) is 1. The maximum absolute atomic E-state index is 5.96. The number of fused-ring (bicyclic) bond motifs is 1. The molecule has 0 radical (unpaired) electrons. The zero-order valence-electron chi connectivity index (χ0n) is 13.5. The third kappa shape index (κ3) is 2.94. The standard InChI is InChI=1S/C18H26N2O/c1-5-18(6-2,21-4)17(20-7-3)16-13-19-12-14-10-8-9-11-15(14)16/h8-13,17,20H,5-7H2,1-4H3. The molecule has 0 aliphatic rings. The molecule has 3 heteroatoms. The first-order chi connectivity index (χ1) is 10.2. The van der Waals surface area contributed by atoms with Crippen LogP contribution in [0.1, 0.15) is 45.2 Å². The molecule has 0 spiro atoms. The first kappa shape index (κ1) is 15.9. The number of rotatable bonds is 7. The first-order valence-electron chi connectivity index (χ1n) is 7.83. The van der Waals surface area contributed by atoms with Gasteiger partial charge >= 0.3 is 0 Å². The molecule has 1 aromatic carbocycles. The molecule has 1 atom stereocenters. The summed E-state index contributed by atoms with van der Waals surface area (Å²) in [5.41, 5.74) is 1.02. The Balaban J connectivity index is 2.60. The van der Waals surface area contributed by atoms with Crippen molar-refractivity contribution in [1.82, 2.24) is 10.3 Å². The van der Waals surface area contributed by atoms with Gasteiger partial charge in [0.25, 0.3) is 0 Å². The lowest BCUT2D eigenvalue weighted by atomic mass is 9.82. The van der Waals surface area contributed by atoms with Crippen molar-refractivity contribution in [2.24, 2.45) is 0 Å². The van der Waals surface area contributed by atoms with E-state index in [4.69, 9.17) is 4.74 Å². The van der Waals surface area contributed by atoms with Gasteiger partial charge in [-0.15, -0.1) is 0 Å². The molecule has 3 nitrogen and oxygen atoms in total. The van der Waals surface area contributed by atoms with Crippen LogP contribution in [0, 0.1) is 0 Å². The Morgan fingerprint density at radius 1 is 1.14 bits per heavy atom. The van der Waals surface area contributed by atoms with Crippen LogP contribution >= 0.6 is 0 Å². The average molecular weight is 286 g/mol. The Hall–Kier alpha value is -1.45. The Morgan fingerprint density at radius 2 is 1.86 bits per heavy atom. The van der Waals surface area contributed by atoms with Crippen molar-refractivity contribution in [3.8, 4) is 0 Å². The second-order valence-electron chi connectivity index (χ2n) is 5.42. The van der Waals surface area contributed by atoms with Crippen molar-refractivity contribution < 1.29 is 4.74 Å². The van der Waals surface area contributed by atoms with Crippen LogP contribution in [0.3, 0.4) is 0 Å². The number of methoxy groups -OCH3 is 1. The van der Waals surface area contributed by atoms with Gasteiger partial charge in [-0.05, 0) is 30.3 Å². The minimum absolute atomic E-state index is 0.140. The highest BCUT2D eigenvalue weighted by atomic mass is 16.5. The number of nitrogens with zero attached hydrogens (tertiary/aromatic N) is 1. The molecule has 21 heavy (non-hydrogen) atoms. The van der Waals surface area contributed by atoms with Gasteiger partial charge in [-0.1, -0.05) is 45.0 Å². The van der Waals surface area contributed by atoms with Gasteiger partial charge in [0.1, 0.15) is 0 Å². The summed E-state index contributed by atoms with van der Waals surface area (Å²) < 4.78 is 5.96. The third-order valence-electron chi connectivity index (χ3n) is 4.55. The highest BCUT2D eigenvalue weighted by molar-refractivity contribution is 5.85. The lowest BCUT2D eigenvalue weighted by Gasteiger charge is -2.39. The van der Waals surface area contributed by atoms with Crippen molar-refractivity contribution in [3.63, 3.8) is 0 Å². The molecule has 1 heterocycles. The average Bonchev–Trinajstić information content (AvgIpc) is 2.55. The molecule has 0 amide bonds. The number of benzene rings is 1. The van der Waals surface area contributed by atoms with Gasteiger partial charge < -0.3 is 10.1 Å². The predicted octanol–water partition coefficient (Wildman–Crippen LogP) is 4.09. The van der Waals surface area contributed by atoms with Crippen molar-refractivity contribution in [3.05, 3.63) is 42.2 Å². The zero-order valence-corrected chi connectivity index (χ0v) is 13.5. The van der Waals surface area contributed by atoms with E-state index in [0.717, 1.165) is 19.4 Å². The molecule has 0 bridgehead atoms. The minimum atomic E-state index is -0.207. The van der Waals surface area contributed by atoms with Crippen LogP contribution in [0.25, 0.3) is 10.8 Å². The van der Waals surface area contributed by atoms with E-state index in [1.807, 2.05) is 19.5 Å². The molecule has 1 aromatic heterocycles. The van der Waals surface area contributed by atoms with Gasteiger partial charge in [-0.25, -0.2) is 0 Å². The SMILES string of the molecule is CCNC(c1cncc2ccccc12)C(CC)(CC)OC. The van der Waals surface area contributed by atoms with Crippen LogP contribution in [-0.4, -0.2) is 24.2 Å². The summed E-state index contributed by atoms with van der Waals surface area (Å²) >= 11 is 0. The Morgan fingerprint density at radius 3 is 2.48 bits per heavy atom. The van der Waals surface area contributed by atoms with E-state index in [0.29, 0.717) is 0 Å². The summed E-state index contributed by atoms with van der Waals surface area (Å²) in [4.78, 5) is 4.44. The Labute approximate surface area is 127 Å². The van der Waals surface area contributed by atoms with E-state index in [2.05, 4.69) is 55.3 Å². The van der Waals surface area contributed by atoms with E-state index in [1.54, 1.807) is 0 Å². The summed E-state index contributed by atoms with van der Waals surface area (Å²) in [7, 11) is 1.82. The Kier molecular flexibility index (Phi) is 5.32. The normalized spacial score (nSPS) is 13.5. The summed E-state index contributed by atoms with van der Waals surface area (Å²) in [6, 6.07) is 8.56. The molecular formula is C18H26N2O. The molecule has 0 aliphatic carbocycles. The first-order valence-corrected chi connectivity index (χ1v) is 7.83. The fraction of sp³-hybridized carbons (Fsp3) is 0.500. The van der Waals surface area contributed by atoms with Crippen LogP contribution in [0.4, 0.5) is 0 Å². The number of hydrogen-bond acceptors (Lipinski definition) is 3. The maximum atomic E-state index is 5.96. The molecule has 2 rings (SSSR count).